The lowest BCUT2D eigenvalue weighted by atomic mass is 10.2. The Bertz CT molecular complexity index is 216. The Labute approximate surface area is 83.1 Å². The van der Waals surface area contributed by atoms with Crippen molar-refractivity contribution in [2.24, 2.45) is 5.73 Å². The first kappa shape index (κ1) is 9.73. The summed E-state index contributed by atoms with van der Waals surface area (Å²) in [6.45, 7) is 2.31. The SMILES string of the molecule is NCC1COC(=O)N1CC1CCCO1. The van der Waals surface area contributed by atoms with Crippen molar-refractivity contribution in [3.8, 4) is 0 Å². The summed E-state index contributed by atoms with van der Waals surface area (Å²) in [5.41, 5.74) is 5.55. The van der Waals surface area contributed by atoms with E-state index >= 15 is 0 Å². The molecule has 0 bridgehead atoms. The topological polar surface area (TPSA) is 64.8 Å². The largest absolute Gasteiger partial charge is 0.447 e. The Hall–Kier alpha value is -0.810. The van der Waals surface area contributed by atoms with Crippen LogP contribution in [0.1, 0.15) is 12.8 Å². The molecule has 5 nitrogen and oxygen atoms in total. The minimum Gasteiger partial charge on any atom is -0.447 e. The van der Waals surface area contributed by atoms with Crippen LogP contribution >= 0.6 is 0 Å². The van der Waals surface area contributed by atoms with Gasteiger partial charge in [-0.2, -0.15) is 0 Å². The molecule has 0 radical (unpaired) electrons. The quantitative estimate of drug-likeness (QED) is 0.693. The van der Waals surface area contributed by atoms with E-state index in [1.807, 2.05) is 0 Å². The molecule has 2 unspecified atom stereocenters. The Morgan fingerprint density at radius 2 is 2.43 bits per heavy atom. The van der Waals surface area contributed by atoms with Crippen molar-refractivity contribution < 1.29 is 14.3 Å². The number of rotatable bonds is 3. The molecule has 0 aromatic rings. The predicted octanol–water partition coefficient (Wildman–Crippen LogP) is -0.0551. The molecule has 0 aliphatic carbocycles. The molecule has 1 amide bonds. The summed E-state index contributed by atoms with van der Waals surface area (Å²) in [5.74, 6) is 0. The summed E-state index contributed by atoms with van der Waals surface area (Å²) in [4.78, 5) is 13.0. The van der Waals surface area contributed by atoms with Crippen molar-refractivity contribution in [2.75, 3.05) is 26.3 Å². The van der Waals surface area contributed by atoms with E-state index < -0.39 is 0 Å². The second-order valence-corrected chi connectivity index (χ2v) is 3.75. The van der Waals surface area contributed by atoms with Gasteiger partial charge in [-0.15, -0.1) is 0 Å². The lowest BCUT2D eigenvalue weighted by molar-refractivity contribution is 0.0765. The molecule has 2 saturated heterocycles. The molecule has 2 atom stereocenters. The van der Waals surface area contributed by atoms with Gasteiger partial charge in [-0.3, -0.25) is 4.90 Å². The van der Waals surface area contributed by atoms with E-state index in [2.05, 4.69) is 0 Å². The maximum absolute atomic E-state index is 11.3. The molecule has 2 aliphatic heterocycles. The summed E-state index contributed by atoms with van der Waals surface area (Å²) >= 11 is 0. The van der Waals surface area contributed by atoms with Crippen molar-refractivity contribution in [3.63, 3.8) is 0 Å². The number of hydrogen-bond donors (Lipinski definition) is 1. The monoisotopic (exact) mass is 200 g/mol. The smallest absolute Gasteiger partial charge is 0.410 e. The van der Waals surface area contributed by atoms with Crippen LogP contribution in [0.25, 0.3) is 0 Å². The highest BCUT2D eigenvalue weighted by molar-refractivity contribution is 5.70. The summed E-state index contributed by atoms with van der Waals surface area (Å²) in [6, 6.07) is 0.0340. The van der Waals surface area contributed by atoms with Gasteiger partial charge in [0.2, 0.25) is 0 Å². The number of carbonyl (C=O) groups excluding carboxylic acids is 1. The average Bonchev–Trinajstić information content (AvgIpc) is 2.79. The third kappa shape index (κ3) is 1.83. The first-order valence-corrected chi connectivity index (χ1v) is 5.06. The van der Waals surface area contributed by atoms with Gasteiger partial charge in [0.05, 0.1) is 18.7 Å². The molecule has 14 heavy (non-hydrogen) atoms. The predicted molar refractivity (Wildman–Crippen MR) is 49.9 cm³/mol. The fourth-order valence-corrected chi connectivity index (χ4v) is 1.92. The molecule has 0 aromatic carbocycles. The minimum absolute atomic E-state index is 0.0340. The van der Waals surface area contributed by atoms with E-state index in [1.165, 1.54) is 0 Å². The van der Waals surface area contributed by atoms with E-state index in [9.17, 15) is 4.79 Å². The first-order valence-electron chi connectivity index (χ1n) is 5.06. The van der Waals surface area contributed by atoms with Crippen molar-refractivity contribution in [1.82, 2.24) is 4.90 Å². The molecule has 0 aromatic heterocycles. The van der Waals surface area contributed by atoms with Gasteiger partial charge >= 0.3 is 6.09 Å². The second kappa shape index (κ2) is 4.14. The van der Waals surface area contributed by atoms with Gasteiger partial charge in [0.15, 0.2) is 0 Å². The van der Waals surface area contributed by atoms with Gasteiger partial charge in [0.25, 0.3) is 0 Å². The van der Waals surface area contributed by atoms with Crippen LogP contribution in [0.2, 0.25) is 0 Å². The van der Waals surface area contributed by atoms with E-state index in [4.69, 9.17) is 15.2 Å². The van der Waals surface area contributed by atoms with Crippen LogP contribution in [0.4, 0.5) is 4.79 Å². The number of nitrogens with zero attached hydrogens (tertiary/aromatic N) is 1. The summed E-state index contributed by atoms with van der Waals surface area (Å²) in [5, 5.41) is 0. The molecule has 0 saturated carbocycles. The number of amides is 1. The van der Waals surface area contributed by atoms with Crippen LogP contribution < -0.4 is 5.73 Å². The van der Waals surface area contributed by atoms with Gasteiger partial charge in [-0.25, -0.2) is 4.79 Å². The van der Waals surface area contributed by atoms with Crippen LogP contribution in [-0.4, -0.2) is 49.4 Å². The van der Waals surface area contributed by atoms with E-state index in [0.29, 0.717) is 19.7 Å². The fourth-order valence-electron chi connectivity index (χ4n) is 1.92. The number of hydrogen-bond acceptors (Lipinski definition) is 4. The normalized spacial score (nSPS) is 32.4. The molecule has 2 N–H and O–H groups in total. The first-order chi connectivity index (χ1) is 6.81. The third-order valence-corrected chi connectivity index (χ3v) is 2.77. The minimum atomic E-state index is -0.254. The van der Waals surface area contributed by atoms with E-state index in [-0.39, 0.29) is 18.2 Å². The molecular weight excluding hydrogens is 184 g/mol. The van der Waals surface area contributed by atoms with Crippen LogP contribution in [0.15, 0.2) is 0 Å². The van der Waals surface area contributed by atoms with Gasteiger partial charge in [0, 0.05) is 13.2 Å². The van der Waals surface area contributed by atoms with E-state index in [0.717, 1.165) is 19.4 Å². The molecule has 0 spiro atoms. The Morgan fingerprint density at radius 1 is 1.57 bits per heavy atom. The second-order valence-electron chi connectivity index (χ2n) is 3.75. The highest BCUT2D eigenvalue weighted by atomic mass is 16.6. The summed E-state index contributed by atoms with van der Waals surface area (Å²) in [6.07, 6.45) is 2.03. The Kier molecular flexibility index (Phi) is 2.88. The summed E-state index contributed by atoms with van der Waals surface area (Å²) < 4.78 is 10.4. The van der Waals surface area contributed by atoms with E-state index in [1.54, 1.807) is 4.90 Å². The maximum Gasteiger partial charge on any atom is 0.410 e. The van der Waals surface area contributed by atoms with Crippen molar-refractivity contribution >= 4 is 6.09 Å². The van der Waals surface area contributed by atoms with Crippen molar-refractivity contribution in [3.05, 3.63) is 0 Å². The fraction of sp³-hybridized carbons (Fsp3) is 0.889. The van der Waals surface area contributed by atoms with Crippen LogP contribution in [0, 0.1) is 0 Å². The Balaban J connectivity index is 1.90. The third-order valence-electron chi connectivity index (χ3n) is 2.77. The van der Waals surface area contributed by atoms with Crippen molar-refractivity contribution in [1.29, 1.82) is 0 Å². The van der Waals surface area contributed by atoms with Gasteiger partial charge in [-0.05, 0) is 12.8 Å². The standard InChI is InChI=1S/C9H16N2O3/c10-4-7-6-14-9(12)11(7)5-8-2-1-3-13-8/h7-8H,1-6,10H2. The number of ether oxygens (including phenoxy) is 2. The van der Waals surface area contributed by atoms with Gasteiger partial charge in [0.1, 0.15) is 6.61 Å². The molecule has 2 aliphatic rings. The van der Waals surface area contributed by atoms with Crippen LogP contribution in [0.3, 0.4) is 0 Å². The van der Waals surface area contributed by atoms with Crippen molar-refractivity contribution in [2.45, 2.75) is 25.0 Å². The molecular formula is C9H16N2O3. The average molecular weight is 200 g/mol. The number of cyclic esters (lactones) is 1. The highest BCUT2D eigenvalue weighted by Gasteiger charge is 2.34. The molecule has 2 fully saturated rings. The zero-order chi connectivity index (χ0) is 9.97. The molecule has 5 heteroatoms. The molecule has 2 heterocycles. The zero-order valence-electron chi connectivity index (χ0n) is 8.15. The molecule has 2 rings (SSSR count). The number of nitrogens with two attached hydrogens (primary N) is 1. The lowest BCUT2D eigenvalue weighted by Crippen LogP contribution is -2.42. The van der Waals surface area contributed by atoms with Crippen LogP contribution in [0.5, 0.6) is 0 Å². The maximum atomic E-state index is 11.3. The molecule has 80 valence electrons. The van der Waals surface area contributed by atoms with Gasteiger partial charge < -0.3 is 15.2 Å². The lowest BCUT2D eigenvalue weighted by Gasteiger charge is -2.22. The Morgan fingerprint density at radius 3 is 3.07 bits per heavy atom. The zero-order valence-corrected chi connectivity index (χ0v) is 8.15. The highest BCUT2D eigenvalue weighted by Crippen LogP contribution is 2.18. The van der Waals surface area contributed by atoms with Crippen LogP contribution in [-0.2, 0) is 9.47 Å². The number of carbonyl (C=O) groups is 1. The van der Waals surface area contributed by atoms with Gasteiger partial charge in [-0.1, -0.05) is 0 Å². The summed E-state index contributed by atoms with van der Waals surface area (Å²) in [7, 11) is 0.